The Balaban J connectivity index is 2.26. The maximum absolute atomic E-state index is 11.4. The Morgan fingerprint density at radius 2 is 2.37 bits per heavy atom. The molecule has 0 spiro atoms. The van der Waals surface area contributed by atoms with Crippen LogP contribution in [0.25, 0.3) is 0 Å². The number of likely N-dealkylation sites (N-methyl/N-ethyl adjacent to an activating group) is 1. The molecule has 2 rings (SSSR count). The van der Waals surface area contributed by atoms with Crippen LogP contribution in [0.5, 0.6) is 0 Å². The van der Waals surface area contributed by atoms with Gasteiger partial charge in [0.1, 0.15) is 0 Å². The third kappa shape index (κ3) is 3.28. The number of halogens is 1. The Labute approximate surface area is 121 Å². The number of aromatic carboxylic acids is 1. The van der Waals surface area contributed by atoms with Crippen LogP contribution < -0.4 is 4.90 Å². The SMILES string of the molecule is CCN(CC1CCCO1)c1cccc(Br)c1C(=O)O. The summed E-state index contributed by atoms with van der Waals surface area (Å²) in [7, 11) is 0. The predicted octanol–water partition coefficient (Wildman–Crippen LogP) is 3.15. The van der Waals surface area contributed by atoms with Gasteiger partial charge in [-0.05, 0) is 47.8 Å². The minimum absolute atomic E-state index is 0.209. The van der Waals surface area contributed by atoms with Crippen molar-refractivity contribution in [1.82, 2.24) is 0 Å². The Bertz CT molecular complexity index is 458. The number of carbonyl (C=O) groups is 1. The Morgan fingerprint density at radius 1 is 1.58 bits per heavy atom. The second-order valence-corrected chi connectivity index (χ2v) is 5.47. The molecule has 1 fully saturated rings. The van der Waals surface area contributed by atoms with Gasteiger partial charge in [-0.15, -0.1) is 0 Å². The standard InChI is InChI=1S/C14H18BrNO3/c1-2-16(9-10-5-4-8-19-10)12-7-3-6-11(15)13(12)14(17)18/h3,6-7,10H,2,4-5,8-9H2,1H3,(H,17,18). The first-order valence-electron chi connectivity index (χ1n) is 6.51. The average molecular weight is 328 g/mol. The average Bonchev–Trinajstić information content (AvgIpc) is 2.88. The summed E-state index contributed by atoms with van der Waals surface area (Å²) in [6.07, 6.45) is 2.35. The van der Waals surface area contributed by atoms with Gasteiger partial charge >= 0.3 is 5.97 Å². The number of nitrogens with zero attached hydrogens (tertiary/aromatic N) is 1. The molecule has 0 amide bonds. The fourth-order valence-corrected chi connectivity index (χ4v) is 2.95. The molecule has 1 aromatic carbocycles. The molecule has 5 heteroatoms. The van der Waals surface area contributed by atoms with Gasteiger partial charge in [-0.25, -0.2) is 4.79 Å². The Morgan fingerprint density at radius 3 is 2.95 bits per heavy atom. The monoisotopic (exact) mass is 327 g/mol. The van der Waals surface area contributed by atoms with Gasteiger partial charge in [0.15, 0.2) is 0 Å². The maximum atomic E-state index is 11.4. The number of rotatable bonds is 5. The minimum Gasteiger partial charge on any atom is -0.478 e. The number of carboxylic acid groups (broad SMARTS) is 1. The lowest BCUT2D eigenvalue weighted by Crippen LogP contribution is -2.33. The summed E-state index contributed by atoms with van der Waals surface area (Å²) >= 11 is 3.32. The van der Waals surface area contributed by atoms with Crippen LogP contribution in [0.4, 0.5) is 5.69 Å². The van der Waals surface area contributed by atoms with Crippen LogP contribution in [0.15, 0.2) is 22.7 Å². The Hall–Kier alpha value is -1.07. The molecule has 19 heavy (non-hydrogen) atoms. The summed E-state index contributed by atoms with van der Waals surface area (Å²) in [6.45, 7) is 4.35. The minimum atomic E-state index is -0.909. The normalized spacial score (nSPS) is 18.5. The predicted molar refractivity (Wildman–Crippen MR) is 78.0 cm³/mol. The summed E-state index contributed by atoms with van der Waals surface area (Å²) in [5, 5.41) is 9.36. The van der Waals surface area contributed by atoms with E-state index < -0.39 is 5.97 Å². The highest BCUT2D eigenvalue weighted by atomic mass is 79.9. The van der Waals surface area contributed by atoms with Gasteiger partial charge in [-0.3, -0.25) is 0 Å². The first-order chi connectivity index (χ1) is 9.13. The van der Waals surface area contributed by atoms with E-state index in [2.05, 4.69) is 20.8 Å². The highest BCUT2D eigenvalue weighted by Crippen LogP contribution is 2.29. The maximum Gasteiger partial charge on any atom is 0.338 e. The fraction of sp³-hybridized carbons (Fsp3) is 0.500. The third-order valence-corrected chi connectivity index (χ3v) is 4.04. The molecule has 104 valence electrons. The van der Waals surface area contributed by atoms with Gasteiger partial charge in [-0.1, -0.05) is 6.07 Å². The molecule has 0 aromatic heterocycles. The van der Waals surface area contributed by atoms with Crippen LogP contribution in [0.3, 0.4) is 0 Å². The van der Waals surface area contributed by atoms with Crippen molar-refractivity contribution in [2.75, 3.05) is 24.6 Å². The smallest absolute Gasteiger partial charge is 0.338 e. The molecule has 1 saturated heterocycles. The van der Waals surface area contributed by atoms with E-state index in [-0.39, 0.29) is 6.10 Å². The van der Waals surface area contributed by atoms with Crippen LogP contribution in [-0.2, 0) is 4.74 Å². The molecular weight excluding hydrogens is 310 g/mol. The van der Waals surface area contributed by atoms with Crippen molar-refractivity contribution in [1.29, 1.82) is 0 Å². The number of anilines is 1. The summed E-state index contributed by atoms with van der Waals surface area (Å²) in [5.74, 6) is -0.909. The van der Waals surface area contributed by atoms with Gasteiger partial charge in [0.2, 0.25) is 0 Å². The van der Waals surface area contributed by atoms with Gasteiger partial charge in [0.05, 0.1) is 17.4 Å². The zero-order valence-corrected chi connectivity index (χ0v) is 12.5. The lowest BCUT2D eigenvalue weighted by atomic mass is 10.1. The summed E-state index contributed by atoms with van der Waals surface area (Å²) in [6, 6.07) is 5.48. The van der Waals surface area contributed by atoms with Crippen LogP contribution in [-0.4, -0.2) is 36.9 Å². The van der Waals surface area contributed by atoms with E-state index >= 15 is 0 Å². The van der Waals surface area contributed by atoms with Crippen molar-refractivity contribution in [2.24, 2.45) is 0 Å². The molecule has 1 aromatic rings. The van der Waals surface area contributed by atoms with Crippen molar-refractivity contribution < 1.29 is 14.6 Å². The quantitative estimate of drug-likeness (QED) is 0.902. The van der Waals surface area contributed by atoms with E-state index in [1.165, 1.54) is 0 Å². The second kappa shape index (κ2) is 6.39. The van der Waals surface area contributed by atoms with Crippen molar-refractivity contribution in [3.63, 3.8) is 0 Å². The van der Waals surface area contributed by atoms with Crippen LogP contribution in [0.1, 0.15) is 30.1 Å². The zero-order valence-electron chi connectivity index (χ0n) is 10.9. The second-order valence-electron chi connectivity index (χ2n) is 4.61. The summed E-state index contributed by atoms with van der Waals surface area (Å²) in [5.41, 5.74) is 1.07. The molecule has 1 N–H and O–H groups in total. The molecule has 4 nitrogen and oxygen atoms in total. The first kappa shape index (κ1) is 14.3. The fourth-order valence-electron chi connectivity index (χ4n) is 2.42. The van der Waals surface area contributed by atoms with E-state index in [0.29, 0.717) is 10.0 Å². The van der Waals surface area contributed by atoms with Crippen molar-refractivity contribution in [3.8, 4) is 0 Å². The van der Waals surface area contributed by atoms with E-state index in [1.54, 1.807) is 6.07 Å². The number of hydrogen-bond donors (Lipinski definition) is 1. The van der Waals surface area contributed by atoms with E-state index in [1.807, 2.05) is 19.1 Å². The molecule has 0 bridgehead atoms. The summed E-state index contributed by atoms with van der Waals surface area (Å²) in [4.78, 5) is 13.5. The molecular formula is C14H18BrNO3. The van der Waals surface area contributed by atoms with Crippen LogP contribution >= 0.6 is 15.9 Å². The van der Waals surface area contributed by atoms with E-state index in [9.17, 15) is 9.90 Å². The van der Waals surface area contributed by atoms with Crippen LogP contribution in [0.2, 0.25) is 0 Å². The van der Waals surface area contributed by atoms with Crippen molar-refractivity contribution in [2.45, 2.75) is 25.9 Å². The number of benzene rings is 1. The highest BCUT2D eigenvalue weighted by Gasteiger charge is 2.22. The van der Waals surface area contributed by atoms with Crippen molar-refractivity contribution in [3.05, 3.63) is 28.2 Å². The van der Waals surface area contributed by atoms with E-state index in [4.69, 9.17) is 4.74 Å². The summed E-state index contributed by atoms with van der Waals surface area (Å²) < 4.78 is 6.25. The highest BCUT2D eigenvalue weighted by molar-refractivity contribution is 9.10. The van der Waals surface area contributed by atoms with Crippen molar-refractivity contribution >= 4 is 27.6 Å². The molecule has 0 aliphatic carbocycles. The van der Waals surface area contributed by atoms with Gasteiger partial charge in [0.25, 0.3) is 0 Å². The molecule has 1 aliphatic rings. The topological polar surface area (TPSA) is 49.8 Å². The molecule has 1 aliphatic heterocycles. The molecule has 1 unspecified atom stereocenters. The lowest BCUT2D eigenvalue weighted by molar-refractivity contribution is 0.0696. The number of ether oxygens (including phenoxy) is 1. The van der Waals surface area contributed by atoms with Gasteiger partial charge in [-0.2, -0.15) is 0 Å². The van der Waals surface area contributed by atoms with E-state index in [0.717, 1.165) is 38.2 Å². The molecule has 0 saturated carbocycles. The molecule has 0 radical (unpaired) electrons. The number of hydrogen-bond acceptors (Lipinski definition) is 3. The van der Waals surface area contributed by atoms with Gasteiger partial charge in [0, 0.05) is 24.2 Å². The Kier molecular flexibility index (Phi) is 4.82. The van der Waals surface area contributed by atoms with Crippen LogP contribution in [0, 0.1) is 0 Å². The molecule has 1 heterocycles. The number of carboxylic acids is 1. The van der Waals surface area contributed by atoms with Gasteiger partial charge < -0.3 is 14.7 Å². The third-order valence-electron chi connectivity index (χ3n) is 3.38. The molecule has 1 atom stereocenters. The zero-order chi connectivity index (χ0) is 13.8. The first-order valence-corrected chi connectivity index (χ1v) is 7.31. The lowest BCUT2D eigenvalue weighted by Gasteiger charge is -2.27. The largest absolute Gasteiger partial charge is 0.478 e.